The van der Waals surface area contributed by atoms with Crippen molar-refractivity contribution < 1.29 is 14.3 Å². The minimum Gasteiger partial charge on any atom is -0.431 e. The molecule has 0 N–H and O–H groups in total. The molecule has 0 bridgehead atoms. The first-order valence-corrected chi connectivity index (χ1v) is 8.19. The summed E-state index contributed by atoms with van der Waals surface area (Å²) in [6.45, 7) is 14.3. The zero-order valence-corrected chi connectivity index (χ0v) is 14.4. The lowest BCUT2D eigenvalue weighted by atomic mass is 9.67. The Bertz CT molecular complexity index is 359. The maximum atomic E-state index is 12.0. The van der Waals surface area contributed by atoms with Crippen molar-refractivity contribution in [3.63, 3.8) is 0 Å². The maximum Gasteiger partial charge on any atom is 0.509 e. The van der Waals surface area contributed by atoms with Gasteiger partial charge in [0, 0.05) is 0 Å². The van der Waals surface area contributed by atoms with Crippen LogP contribution in [-0.4, -0.2) is 17.9 Å². The summed E-state index contributed by atoms with van der Waals surface area (Å²) in [6, 6.07) is 0. The maximum absolute atomic E-state index is 12.0. The van der Waals surface area contributed by atoms with Crippen molar-refractivity contribution in [2.75, 3.05) is 0 Å². The highest BCUT2D eigenvalue weighted by Crippen LogP contribution is 2.43. The topological polar surface area (TPSA) is 35.5 Å². The first kappa shape index (κ1) is 18.1. The fraction of sp³-hybridized carbons (Fsp3) is 0.833. The highest BCUT2D eigenvalue weighted by Gasteiger charge is 2.37. The van der Waals surface area contributed by atoms with Crippen molar-refractivity contribution in [2.24, 2.45) is 11.3 Å². The SMILES string of the molecule is C=CCCC(C)(C)OC(=O)OC1CCCC(C)(C(C)C)C1. The first-order valence-electron chi connectivity index (χ1n) is 8.19. The van der Waals surface area contributed by atoms with E-state index in [2.05, 4.69) is 27.4 Å². The Balaban J connectivity index is 2.49. The molecule has 122 valence electrons. The molecule has 1 aliphatic rings. The van der Waals surface area contributed by atoms with Crippen molar-refractivity contribution in [2.45, 2.75) is 84.8 Å². The van der Waals surface area contributed by atoms with Crippen LogP contribution in [0, 0.1) is 11.3 Å². The molecule has 2 atom stereocenters. The fourth-order valence-electron chi connectivity index (χ4n) is 2.97. The standard InChI is InChI=1S/C18H32O3/c1-7-8-11-17(4,5)21-16(19)20-15-10-9-12-18(6,13-15)14(2)3/h7,14-15H,1,8-13H2,2-6H3. The average Bonchev–Trinajstić information content (AvgIpc) is 2.35. The van der Waals surface area contributed by atoms with Crippen LogP contribution in [0.25, 0.3) is 0 Å². The summed E-state index contributed by atoms with van der Waals surface area (Å²) in [5, 5.41) is 0. The van der Waals surface area contributed by atoms with Crippen LogP contribution in [-0.2, 0) is 9.47 Å². The van der Waals surface area contributed by atoms with Crippen LogP contribution < -0.4 is 0 Å². The van der Waals surface area contributed by atoms with Gasteiger partial charge >= 0.3 is 6.16 Å². The number of carbonyl (C=O) groups excluding carboxylic acids is 1. The molecular weight excluding hydrogens is 264 g/mol. The second-order valence-electron chi connectivity index (χ2n) is 7.58. The Kier molecular flexibility index (Phi) is 6.30. The van der Waals surface area contributed by atoms with E-state index < -0.39 is 11.8 Å². The molecule has 0 saturated heterocycles. The minimum absolute atomic E-state index is 0.00569. The molecule has 0 aromatic rings. The van der Waals surface area contributed by atoms with Crippen LogP contribution >= 0.6 is 0 Å². The van der Waals surface area contributed by atoms with Gasteiger partial charge in [-0.05, 0) is 63.7 Å². The summed E-state index contributed by atoms with van der Waals surface area (Å²) in [5.74, 6) is 0.601. The van der Waals surface area contributed by atoms with Crippen LogP contribution in [0.3, 0.4) is 0 Å². The van der Waals surface area contributed by atoms with E-state index in [1.54, 1.807) is 0 Å². The lowest BCUT2D eigenvalue weighted by Crippen LogP contribution is -2.37. The molecule has 1 rings (SSSR count). The molecule has 0 aromatic heterocycles. The van der Waals surface area contributed by atoms with Gasteiger partial charge in [-0.1, -0.05) is 26.8 Å². The van der Waals surface area contributed by atoms with Crippen molar-refractivity contribution >= 4 is 6.16 Å². The largest absolute Gasteiger partial charge is 0.509 e. The van der Waals surface area contributed by atoms with Gasteiger partial charge in [0.2, 0.25) is 0 Å². The monoisotopic (exact) mass is 296 g/mol. The van der Waals surface area contributed by atoms with E-state index >= 15 is 0 Å². The number of hydrogen-bond acceptors (Lipinski definition) is 3. The number of ether oxygens (including phenoxy) is 2. The van der Waals surface area contributed by atoms with Crippen molar-refractivity contribution in [3.05, 3.63) is 12.7 Å². The first-order chi connectivity index (χ1) is 9.68. The molecule has 1 aliphatic carbocycles. The normalized spacial score (nSPS) is 26.5. The summed E-state index contributed by atoms with van der Waals surface area (Å²) >= 11 is 0. The Morgan fingerprint density at radius 3 is 2.71 bits per heavy atom. The summed E-state index contributed by atoms with van der Waals surface area (Å²) in [6.07, 6.45) is 7.12. The van der Waals surface area contributed by atoms with Gasteiger partial charge in [0.1, 0.15) is 11.7 Å². The molecule has 0 aromatic carbocycles. The third-order valence-corrected chi connectivity index (χ3v) is 4.93. The van der Waals surface area contributed by atoms with Crippen LogP contribution in [0.2, 0.25) is 0 Å². The summed E-state index contributed by atoms with van der Waals surface area (Å²) < 4.78 is 11.0. The molecule has 3 heteroatoms. The number of rotatable bonds is 6. The van der Waals surface area contributed by atoms with Gasteiger partial charge in [0.25, 0.3) is 0 Å². The van der Waals surface area contributed by atoms with E-state index in [9.17, 15) is 4.79 Å². The smallest absolute Gasteiger partial charge is 0.431 e. The third-order valence-electron chi connectivity index (χ3n) is 4.93. The molecule has 0 aliphatic heterocycles. The van der Waals surface area contributed by atoms with E-state index in [4.69, 9.17) is 9.47 Å². The Morgan fingerprint density at radius 2 is 2.14 bits per heavy atom. The van der Waals surface area contributed by atoms with Crippen molar-refractivity contribution in [1.29, 1.82) is 0 Å². The molecule has 21 heavy (non-hydrogen) atoms. The predicted molar refractivity (Wildman–Crippen MR) is 86.3 cm³/mol. The number of allylic oxidation sites excluding steroid dienone is 1. The van der Waals surface area contributed by atoms with Crippen LogP contribution in [0.5, 0.6) is 0 Å². The van der Waals surface area contributed by atoms with E-state index in [1.807, 2.05) is 19.9 Å². The van der Waals surface area contributed by atoms with Crippen LogP contribution in [0.15, 0.2) is 12.7 Å². The molecule has 0 heterocycles. The highest BCUT2D eigenvalue weighted by atomic mass is 16.7. The summed E-state index contributed by atoms with van der Waals surface area (Å²) in [7, 11) is 0. The van der Waals surface area contributed by atoms with Gasteiger partial charge in [-0.15, -0.1) is 6.58 Å². The predicted octanol–water partition coefficient (Wildman–Crippen LogP) is 5.49. The quantitative estimate of drug-likeness (QED) is 0.480. The zero-order valence-electron chi connectivity index (χ0n) is 14.4. The molecule has 0 radical (unpaired) electrons. The van der Waals surface area contributed by atoms with E-state index in [-0.39, 0.29) is 11.5 Å². The Hall–Kier alpha value is -0.990. The molecule has 3 nitrogen and oxygen atoms in total. The van der Waals surface area contributed by atoms with E-state index in [1.165, 1.54) is 6.42 Å². The van der Waals surface area contributed by atoms with Gasteiger partial charge in [-0.2, -0.15) is 0 Å². The third kappa shape index (κ3) is 5.72. The Morgan fingerprint density at radius 1 is 1.48 bits per heavy atom. The second kappa shape index (κ2) is 7.33. The van der Waals surface area contributed by atoms with E-state index in [0.29, 0.717) is 5.92 Å². The lowest BCUT2D eigenvalue weighted by Gasteiger charge is -2.41. The van der Waals surface area contributed by atoms with Gasteiger partial charge in [0.15, 0.2) is 0 Å². The number of hydrogen-bond donors (Lipinski definition) is 0. The summed E-state index contributed by atoms with van der Waals surface area (Å²) in [5.41, 5.74) is -0.233. The zero-order chi connectivity index (χ0) is 16.1. The van der Waals surface area contributed by atoms with Crippen molar-refractivity contribution in [3.8, 4) is 0 Å². The molecule has 2 unspecified atom stereocenters. The molecule has 1 saturated carbocycles. The van der Waals surface area contributed by atoms with Gasteiger partial charge < -0.3 is 9.47 Å². The van der Waals surface area contributed by atoms with Gasteiger partial charge in [-0.25, -0.2) is 4.79 Å². The molecular formula is C18H32O3. The van der Waals surface area contributed by atoms with Crippen LogP contribution in [0.4, 0.5) is 4.79 Å². The minimum atomic E-state index is -0.526. The van der Waals surface area contributed by atoms with Crippen LogP contribution in [0.1, 0.15) is 73.1 Å². The lowest BCUT2D eigenvalue weighted by molar-refractivity contribution is -0.0590. The number of carbonyl (C=O) groups is 1. The van der Waals surface area contributed by atoms with Crippen molar-refractivity contribution in [1.82, 2.24) is 0 Å². The van der Waals surface area contributed by atoms with Gasteiger partial charge in [0.05, 0.1) is 0 Å². The van der Waals surface area contributed by atoms with E-state index in [0.717, 1.165) is 32.1 Å². The molecule has 0 amide bonds. The highest BCUT2D eigenvalue weighted by molar-refractivity contribution is 5.60. The van der Waals surface area contributed by atoms with Gasteiger partial charge in [-0.3, -0.25) is 0 Å². The molecule has 0 spiro atoms. The fourth-order valence-corrected chi connectivity index (χ4v) is 2.97. The Labute approximate surface area is 130 Å². The second-order valence-corrected chi connectivity index (χ2v) is 7.58. The summed E-state index contributed by atoms with van der Waals surface area (Å²) in [4.78, 5) is 12.0. The molecule has 1 fully saturated rings. The average molecular weight is 296 g/mol.